The van der Waals surface area contributed by atoms with Crippen molar-refractivity contribution >= 4 is 0 Å². The van der Waals surface area contributed by atoms with Gasteiger partial charge in [0.1, 0.15) is 0 Å². The second kappa shape index (κ2) is 6.22. The molecule has 2 fully saturated rings. The first-order chi connectivity index (χ1) is 7.88. The molecule has 1 saturated heterocycles. The third kappa shape index (κ3) is 4.11. The molecule has 0 radical (unpaired) electrons. The third-order valence-electron chi connectivity index (χ3n) is 3.49. The van der Waals surface area contributed by atoms with E-state index in [1.807, 2.05) is 0 Å². The van der Waals surface area contributed by atoms with Crippen molar-refractivity contribution in [3.63, 3.8) is 0 Å². The molecular formula is C13H22N2O. The van der Waals surface area contributed by atoms with Gasteiger partial charge in [-0.15, -0.1) is 0 Å². The number of rotatable bonds is 6. The van der Waals surface area contributed by atoms with Crippen LogP contribution < -0.4 is 0 Å². The van der Waals surface area contributed by atoms with Crippen LogP contribution in [-0.4, -0.2) is 37.2 Å². The van der Waals surface area contributed by atoms with E-state index in [1.54, 1.807) is 0 Å². The zero-order valence-corrected chi connectivity index (χ0v) is 10.0. The summed E-state index contributed by atoms with van der Waals surface area (Å²) in [5.74, 6) is 0.905. The summed E-state index contributed by atoms with van der Waals surface area (Å²) in [6, 6.07) is 2.25. The Morgan fingerprint density at radius 2 is 2.06 bits per heavy atom. The highest BCUT2D eigenvalue weighted by Gasteiger charge is 2.26. The minimum absolute atomic E-state index is 0.422. The van der Waals surface area contributed by atoms with Crippen LogP contribution in [0.5, 0.6) is 0 Å². The van der Waals surface area contributed by atoms with Crippen molar-refractivity contribution in [3.8, 4) is 6.07 Å². The summed E-state index contributed by atoms with van der Waals surface area (Å²) in [6.45, 7) is 4.08. The Balaban J connectivity index is 1.72. The number of hydrogen-bond donors (Lipinski definition) is 0. The predicted octanol–water partition coefficient (Wildman–Crippen LogP) is 2.18. The smallest absolute Gasteiger partial charge is 0.0702 e. The lowest BCUT2D eigenvalue weighted by atomic mass is 10.1. The Hall–Kier alpha value is -0.590. The number of ether oxygens (including phenoxy) is 1. The molecule has 1 aliphatic heterocycles. The quantitative estimate of drug-likeness (QED) is 0.691. The van der Waals surface area contributed by atoms with E-state index in [-0.39, 0.29) is 0 Å². The molecule has 0 spiro atoms. The van der Waals surface area contributed by atoms with Gasteiger partial charge in [-0.05, 0) is 38.0 Å². The minimum atomic E-state index is 0.422. The van der Waals surface area contributed by atoms with Gasteiger partial charge in [0.2, 0.25) is 0 Å². The number of nitrogens with zero attached hydrogens (tertiary/aromatic N) is 2. The first-order valence-electron chi connectivity index (χ1n) is 6.59. The average Bonchev–Trinajstić information content (AvgIpc) is 3.11. The van der Waals surface area contributed by atoms with E-state index in [4.69, 9.17) is 10.00 Å². The summed E-state index contributed by atoms with van der Waals surface area (Å²) in [5.41, 5.74) is 0. The summed E-state index contributed by atoms with van der Waals surface area (Å²) < 4.78 is 5.77. The van der Waals surface area contributed by atoms with Crippen molar-refractivity contribution in [2.45, 2.75) is 44.6 Å². The summed E-state index contributed by atoms with van der Waals surface area (Å²) in [6.07, 6.45) is 7.57. The van der Waals surface area contributed by atoms with Crippen LogP contribution in [0.4, 0.5) is 0 Å². The van der Waals surface area contributed by atoms with Gasteiger partial charge in [-0.2, -0.15) is 5.26 Å². The summed E-state index contributed by atoms with van der Waals surface area (Å²) in [4.78, 5) is 2.44. The van der Waals surface area contributed by atoms with Gasteiger partial charge in [-0.3, -0.25) is 4.90 Å². The van der Waals surface area contributed by atoms with Gasteiger partial charge < -0.3 is 4.74 Å². The Bertz CT molecular complexity index is 239. The maximum atomic E-state index is 8.66. The topological polar surface area (TPSA) is 36.3 Å². The highest BCUT2D eigenvalue weighted by atomic mass is 16.5. The molecule has 0 aromatic heterocycles. The molecule has 1 unspecified atom stereocenters. The Kier molecular flexibility index (Phi) is 4.62. The van der Waals surface area contributed by atoms with Crippen LogP contribution in [0, 0.1) is 17.2 Å². The molecule has 0 amide bonds. The van der Waals surface area contributed by atoms with Gasteiger partial charge in [0.05, 0.1) is 12.2 Å². The molecule has 1 saturated carbocycles. The van der Waals surface area contributed by atoms with E-state index in [0.717, 1.165) is 25.6 Å². The fourth-order valence-corrected chi connectivity index (χ4v) is 2.37. The highest BCUT2D eigenvalue weighted by molar-refractivity contribution is 4.81. The van der Waals surface area contributed by atoms with Crippen molar-refractivity contribution in [2.24, 2.45) is 5.92 Å². The zero-order chi connectivity index (χ0) is 11.2. The van der Waals surface area contributed by atoms with Crippen LogP contribution >= 0.6 is 0 Å². The van der Waals surface area contributed by atoms with E-state index < -0.39 is 0 Å². The largest absolute Gasteiger partial charge is 0.377 e. The lowest BCUT2D eigenvalue weighted by Crippen LogP contribution is -2.37. The molecule has 0 aromatic carbocycles. The monoisotopic (exact) mass is 222 g/mol. The molecule has 16 heavy (non-hydrogen) atoms. The lowest BCUT2D eigenvalue weighted by molar-refractivity contribution is -0.00608. The van der Waals surface area contributed by atoms with Gasteiger partial charge in [0.15, 0.2) is 0 Å². The van der Waals surface area contributed by atoms with Crippen molar-refractivity contribution in [3.05, 3.63) is 0 Å². The van der Waals surface area contributed by atoms with Crippen LogP contribution in [0.3, 0.4) is 0 Å². The molecule has 90 valence electrons. The van der Waals surface area contributed by atoms with E-state index in [2.05, 4.69) is 11.0 Å². The second-order valence-corrected chi connectivity index (χ2v) is 5.10. The molecule has 2 rings (SSSR count). The Labute approximate surface area is 98.4 Å². The Morgan fingerprint density at radius 1 is 1.19 bits per heavy atom. The molecule has 1 heterocycles. The predicted molar refractivity (Wildman–Crippen MR) is 63.0 cm³/mol. The van der Waals surface area contributed by atoms with Crippen LogP contribution in [0.2, 0.25) is 0 Å². The fraction of sp³-hybridized carbons (Fsp3) is 0.923. The van der Waals surface area contributed by atoms with Crippen LogP contribution in [0.15, 0.2) is 0 Å². The highest BCUT2D eigenvalue weighted by Crippen LogP contribution is 2.30. The van der Waals surface area contributed by atoms with Crippen molar-refractivity contribution in [2.75, 3.05) is 26.2 Å². The lowest BCUT2D eigenvalue weighted by Gasteiger charge is -2.29. The van der Waals surface area contributed by atoms with Crippen molar-refractivity contribution in [1.29, 1.82) is 5.26 Å². The van der Waals surface area contributed by atoms with E-state index in [1.165, 1.54) is 38.6 Å². The summed E-state index contributed by atoms with van der Waals surface area (Å²) >= 11 is 0. The first-order valence-corrected chi connectivity index (χ1v) is 6.59. The summed E-state index contributed by atoms with van der Waals surface area (Å²) in [7, 11) is 0. The maximum absolute atomic E-state index is 8.66. The molecule has 1 aliphatic carbocycles. The fourth-order valence-electron chi connectivity index (χ4n) is 2.37. The molecule has 2 aliphatic rings. The molecule has 0 bridgehead atoms. The molecule has 0 N–H and O–H groups in total. The van der Waals surface area contributed by atoms with Gasteiger partial charge in [0, 0.05) is 32.7 Å². The normalized spacial score (nSPS) is 25.6. The van der Waals surface area contributed by atoms with E-state index in [9.17, 15) is 0 Å². The van der Waals surface area contributed by atoms with Gasteiger partial charge >= 0.3 is 0 Å². The first kappa shape index (κ1) is 11.9. The number of hydrogen-bond acceptors (Lipinski definition) is 3. The van der Waals surface area contributed by atoms with Crippen LogP contribution in [-0.2, 0) is 4.74 Å². The van der Waals surface area contributed by atoms with Gasteiger partial charge in [0.25, 0.3) is 0 Å². The SMILES string of the molecule is N#CCCN(CC1CC1)CC1CCCCO1. The Morgan fingerprint density at radius 3 is 2.69 bits per heavy atom. The molecule has 0 aromatic rings. The molecule has 1 atom stereocenters. The molecular weight excluding hydrogens is 200 g/mol. The minimum Gasteiger partial charge on any atom is -0.377 e. The van der Waals surface area contributed by atoms with Crippen LogP contribution in [0.25, 0.3) is 0 Å². The molecule has 3 heteroatoms. The standard InChI is InChI=1S/C13H22N2O/c14-7-3-8-15(10-12-5-6-12)11-13-4-1-2-9-16-13/h12-13H,1-6,8-11H2. The summed E-state index contributed by atoms with van der Waals surface area (Å²) in [5, 5.41) is 8.66. The van der Waals surface area contributed by atoms with Gasteiger partial charge in [-0.1, -0.05) is 0 Å². The van der Waals surface area contributed by atoms with Crippen molar-refractivity contribution in [1.82, 2.24) is 4.90 Å². The maximum Gasteiger partial charge on any atom is 0.0702 e. The van der Waals surface area contributed by atoms with Crippen LogP contribution in [0.1, 0.15) is 38.5 Å². The zero-order valence-electron chi connectivity index (χ0n) is 10.0. The number of nitriles is 1. The second-order valence-electron chi connectivity index (χ2n) is 5.10. The van der Waals surface area contributed by atoms with E-state index in [0.29, 0.717) is 12.5 Å². The van der Waals surface area contributed by atoms with Gasteiger partial charge in [-0.25, -0.2) is 0 Å². The average molecular weight is 222 g/mol. The molecule has 3 nitrogen and oxygen atoms in total. The van der Waals surface area contributed by atoms with E-state index >= 15 is 0 Å². The third-order valence-corrected chi connectivity index (χ3v) is 3.49. The van der Waals surface area contributed by atoms with Crippen molar-refractivity contribution < 1.29 is 4.74 Å².